The molecular weight excluding hydrogens is 162 g/mol. The maximum atomic E-state index is 10.9. The topological polar surface area (TPSA) is 59.0 Å². The van der Waals surface area contributed by atoms with Gasteiger partial charge in [-0.05, 0) is 0 Å². The van der Waals surface area contributed by atoms with Crippen LogP contribution in [0.2, 0.25) is 0 Å². The Labute approximate surface area is 69.8 Å². The number of nitrogens with zero attached hydrogens (tertiary/aromatic N) is 1. The standard InChI is InChI=1S/C7H9NO4/c1-2-3-11-7(10)8-4-6(9)5-12-8/h1,6,9H,3-5H2. The molecule has 1 fully saturated rings. The van der Waals surface area contributed by atoms with Gasteiger partial charge in [-0.25, -0.2) is 4.79 Å². The van der Waals surface area contributed by atoms with E-state index in [1.807, 2.05) is 0 Å². The predicted octanol–water partition coefficient (Wildman–Crippen LogP) is -0.636. The van der Waals surface area contributed by atoms with E-state index < -0.39 is 12.2 Å². The fourth-order valence-corrected chi connectivity index (χ4v) is 0.775. The first-order valence-electron chi connectivity index (χ1n) is 3.42. The fourth-order valence-electron chi connectivity index (χ4n) is 0.775. The van der Waals surface area contributed by atoms with Gasteiger partial charge < -0.3 is 9.84 Å². The zero-order valence-electron chi connectivity index (χ0n) is 6.40. The molecule has 12 heavy (non-hydrogen) atoms. The molecule has 0 aromatic rings. The zero-order valence-corrected chi connectivity index (χ0v) is 6.40. The van der Waals surface area contributed by atoms with Crippen LogP contribution in [0.25, 0.3) is 0 Å². The second-order valence-corrected chi connectivity index (χ2v) is 2.27. The third kappa shape index (κ3) is 2.12. The highest BCUT2D eigenvalue weighted by molar-refractivity contribution is 5.66. The summed E-state index contributed by atoms with van der Waals surface area (Å²) in [6, 6.07) is 0. The first kappa shape index (κ1) is 8.84. The van der Waals surface area contributed by atoms with Crippen LogP contribution in [0.1, 0.15) is 0 Å². The molecule has 0 spiro atoms. The summed E-state index contributed by atoms with van der Waals surface area (Å²) in [6.07, 6.45) is 3.57. The molecule has 1 aliphatic rings. The minimum atomic E-state index is -0.662. The highest BCUT2D eigenvalue weighted by Gasteiger charge is 2.26. The van der Waals surface area contributed by atoms with E-state index in [2.05, 4.69) is 10.7 Å². The Balaban J connectivity index is 2.29. The van der Waals surface area contributed by atoms with Crippen LogP contribution in [0.5, 0.6) is 0 Å². The highest BCUT2D eigenvalue weighted by Crippen LogP contribution is 2.06. The van der Waals surface area contributed by atoms with Gasteiger partial charge in [0.25, 0.3) is 0 Å². The maximum Gasteiger partial charge on any atom is 0.434 e. The number of amides is 1. The summed E-state index contributed by atoms with van der Waals surface area (Å²) in [5.41, 5.74) is 0. The second-order valence-electron chi connectivity index (χ2n) is 2.27. The molecule has 66 valence electrons. The molecule has 1 atom stereocenters. The van der Waals surface area contributed by atoms with Gasteiger partial charge in [0.05, 0.1) is 6.54 Å². The summed E-state index contributed by atoms with van der Waals surface area (Å²) >= 11 is 0. The third-order valence-electron chi connectivity index (χ3n) is 1.28. The zero-order chi connectivity index (χ0) is 8.97. The van der Waals surface area contributed by atoms with E-state index in [0.29, 0.717) is 0 Å². The van der Waals surface area contributed by atoms with Crippen molar-refractivity contribution >= 4 is 6.09 Å². The van der Waals surface area contributed by atoms with Gasteiger partial charge in [-0.3, -0.25) is 4.84 Å². The molecule has 1 saturated heterocycles. The van der Waals surface area contributed by atoms with Crippen molar-refractivity contribution in [2.75, 3.05) is 19.8 Å². The third-order valence-corrected chi connectivity index (χ3v) is 1.28. The summed E-state index contributed by atoms with van der Waals surface area (Å²) in [5, 5.41) is 9.91. The average molecular weight is 171 g/mol. The molecule has 1 heterocycles. The molecule has 5 heteroatoms. The summed E-state index contributed by atoms with van der Waals surface area (Å²) in [4.78, 5) is 15.7. The highest BCUT2D eigenvalue weighted by atomic mass is 16.7. The van der Waals surface area contributed by atoms with E-state index in [1.165, 1.54) is 0 Å². The summed E-state index contributed by atoms with van der Waals surface area (Å²) in [5.74, 6) is 2.15. The molecule has 0 saturated carbocycles. The Morgan fingerprint density at radius 2 is 2.67 bits per heavy atom. The number of rotatable bonds is 1. The van der Waals surface area contributed by atoms with E-state index in [-0.39, 0.29) is 19.8 Å². The van der Waals surface area contributed by atoms with Crippen molar-refractivity contribution < 1.29 is 19.5 Å². The second kappa shape index (κ2) is 3.95. The molecule has 0 aromatic carbocycles. The first-order valence-corrected chi connectivity index (χ1v) is 3.42. The van der Waals surface area contributed by atoms with Crippen LogP contribution >= 0.6 is 0 Å². The fraction of sp³-hybridized carbons (Fsp3) is 0.571. The smallest absolute Gasteiger partial charge is 0.434 e. The molecule has 1 amide bonds. The lowest BCUT2D eigenvalue weighted by molar-refractivity contribution is -0.0901. The van der Waals surface area contributed by atoms with Crippen molar-refractivity contribution in [3.63, 3.8) is 0 Å². The summed E-state index contributed by atoms with van der Waals surface area (Å²) in [6.45, 7) is 0.156. The molecule has 0 radical (unpaired) electrons. The van der Waals surface area contributed by atoms with Crippen molar-refractivity contribution in [2.45, 2.75) is 6.10 Å². The van der Waals surface area contributed by atoms with Crippen molar-refractivity contribution in [2.24, 2.45) is 0 Å². The van der Waals surface area contributed by atoms with Crippen LogP contribution in [-0.4, -0.2) is 42.1 Å². The predicted molar refractivity (Wildman–Crippen MR) is 38.8 cm³/mol. The Morgan fingerprint density at radius 3 is 3.17 bits per heavy atom. The van der Waals surface area contributed by atoms with Crippen molar-refractivity contribution in [1.29, 1.82) is 0 Å². The molecule has 0 aromatic heterocycles. The van der Waals surface area contributed by atoms with Gasteiger partial charge in [-0.15, -0.1) is 6.42 Å². The lowest BCUT2D eigenvalue weighted by atomic mass is 10.4. The van der Waals surface area contributed by atoms with Gasteiger partial charge in [0.1, 0.15) is 12.7 Å². The summed E-state index contributed by atoms with van der Waals surface area (Å²) in [7, 11) is 0. The van der Waals surface area contributed by atoms with Crippen LogP contribution in [0, 0.1) is 12.3 Å². The van der Waals surface area contributed by atoms with Gasteiger partial charge in [-0.2, -0.15) is 5.06 Å². The molecule has 0 aliphatic carbocycles. The number of hydroxylamine groups is 2. The molecule has 5 nitrogen and oxygen atoms in total. The van der Waals surface area contributed by atoms with Crippen LogP contribution in [0.3, 0.4) is 0 Å². The normalized spacial score (nSPS) is 22.0. The minimum Gasteiger partial charge on any atom is -0.435 e. The largest absolute Gasteiger partial charge is 0.435 e. The number of carbonyl (C=O) groups excluding carboxylic acids is 1. The van der Waals surface area contributed by atoms with Crippen LogP contribution < -0.4 is 0 Å². The van der Waals surface area contributed by atoms with Crippen molar-refractivity contribution in [1.82, 2.24) is 5.06 Å². The lowest BCUT2D eigenvalue weighted by Crippen LogP contribution is -2.29. The Morgan fingerprint density at radius 1 is 1.92 bits per heavy atom. The van der Waals surface area contributed by atoms with Crippen LogP contribution in [0.4, 0.5) is 4.79 Å². The van der Waals surface area contributed by atoms with Crippen LogP contribution in [-0.2, 0) is 9.57 Å². The molecule has 1 rings (SSSR count). The Hall–Kier alpha value is -1.25. The van der Waals surface area contributed by atoms with Gasteiger partial charge in [0, 0.05) is 0 Å². The van der Waals surface area contributed by atoms with Crippen molar-refractivity contribution in [3.05, 3.63) is 0 Å². The minimum absolute atomic E-state index is 0.0885. The average Bonchev–Trinajstić information content (AvgIpc) is 2.47. The molecular formula is C7H9NO4. The number of ether oxygens (including phenoxy) is 1. The first-order chi connectivity index (χ1) is 5.74. The van der Waals surface area contributed by atoms with Crippen molar-refractivity contribution in [3.8, 4) is 12.3 Å². The van der Waals surface area contributed by atoms with E-state index in [1.54, 1.807) is 0 Å². The van der Waals surface area contributed by atoms with Gasteiger partial charge in [0.15, 0.2) is 6.61 Å². The van der Waals surface area contributed by atoms with Gasteiger partial charge in [0.2, 0.25) is 0 Å². The molecule has 1 unspecified atom stereocenters. The quantitative estimate of drug-likeness (QED) is 0.533. The number of hydrogen-bond acceptors (Lipinski definition) is 4. The monoisotopic (exact) mass is 171 g/mol. The number of hydrogen-bond donors (Lipinski definition) is 1. The van der Waals surface area contributed by atoms with Gasteiger partial charge in [-0.1, -0.05) is 5.92 Å². The molecule has 1 N–H and O–H groups in total. The number of β-amino-alcohol motifs (C(OH)–C–C–N with tert-alkyl or cyclic N) is 1. The number of carbonyl (C=O) groups is 1. The maximum absolute atomic E-state index is 10.9. The lowest BCUT2D eigenvalue weighted by Gasteiger charge is -2.11. The van der Waals surface area contributed by atoms with Gasteiger partial charge >= 0.3 is 6.09 Å². The SMILES string of the molecule is C#CCOC(=O)N1CC(O)CO1. The molecule has 1 aliphatic heterocycles. The number of terminal acetylenes is 1. The van der Waals surface area contributed by atoms with E-state index >= 15 is 0 Å². The number of aliphatic hydroxyl groups excluding tert-OH is 1. The Bertz CT molecular complexity index is 210. The molecule has 0 bridgehead atoms. The van der Waals surface area contributed by atoms with E-state index in [9.17, 15) is 4.79 Å². The van der Waals surface area contributed by atoms with E-state index in [0.717, 1.165) is 5.06 Å². The Kier molecular flexibility index (Phi) is 2.91. The van der Waals surface area contributed by atoms with E-state index in [4.69, 9.17) is 16.4 Å². The van der Waals surface area contributed by atoms with Crippen LogP contribution in [0.15, 0.2) is 0 Å². The summed E-state index contributed by atoms with van der Waals surface area (Å²) < 4.78 is 4.54. The number of aliphatic hydroxyl groups is 1.